The molecule has 2 amide bonds. The lowest BCUT2D eigenvalue weighted by Gasteiger charge is -2.17. The fourth-order valence-electron chi connectivity index (χ4n) is 2.78. The Balaban J connectivity index is 1.55. The fourth-order valence-corrected chi connectivity index (χ4v) is 2.78. The van der Waals surface area contributed by atoms with E-state index in [4.69, 9.17) is 0 Å². The lowest BCUT2D eigenvalue weighted by molar-refractivity contribution is -0.118. The SMILES string of the molecule is O=C(NCCC(=O)N1CCc2ccccc21)c1ccc(F)cc1F. The van der Waals surface area contributed by atoms with Gasteiger partial charge in [0.2, 0.25) is 5.91 Å². The van der Waals surface area contributed by atoms with Crippen LogP contribution in [-0.2, 0) is 11.2 Å². The number of hydrogen-bond acceptors (Lipinski definition) is 2. The van der Waals surface area contributed by atoms with Crippen LogP contribution in [0.15, 0.2) is 42.5 Å². The number of hydrogen-bond donors (Lipinski definition) is 1. The van der Waals surface area contributed by atoms with E-state index in [9.17, 15) is 18.4 Å². The maximum Gasteiger partial charge on any atom is 0.254 e. The highest BCUT2D eigenvalue weighted by Crippen LogP contribution is 2.27. The molecule has 3 rings (SSSR count). The normalized spacial score (nSPS) is 12.8. The summed E-state index contributed by atoms with van der Waals surface area (Å²) in [5.74, 6) is -2.43. The Morgan fingerprint density at radius 3 is 2.71 bits per heavy atom. The topological polar surface area (TPSA) is 49.4 Å². The largest absolute Gasteiger partial charge is 0.351 e. The minimum absolute atomic E-state index is 0.0904. The molecule has 0 aliphatic carbocycles. The van der Waals surface area contributed by atoms with E-state index in [2.05, 4.69) is 5.32 Å². The number of carbonyl (C=O) groups excluding carboxylic acids is 2. The van der Waals surface area contributed by atoms with Crippen LogP contribution in [0.1, 0.15) is 22.3 Å². The van der Waals surface area contributed by atoms with E-state index in [1.807, 2.05) is 24.3 Å². The van der Waals surface area contributed by atoms with Gasteiger partial charge in [-0.15, -0.1) is 0 Å². The first-order chi connectivity index (χ1) is 11.6. The summed E-state index contributed by atoms with van der Waals surface area (Å²) in [7, 11) is 0. The zero-order valence-electron chi connectivity index (χ0n) is 12.9. The van der Waals surface area contributed by atoms with Crippen molar-refractivity contribution in [2.75, 3.05) is 18.0 Å². The van der Waals surface area contributed by atoms with Crippen molar-refractivity contribution < 1.29 is 18.4 Å². The van der Waals surface area contributed by atoms with Crippen LogP contribution in [0.25, 0.3) is 0 Å². The second kappa shape index (κ2) is 6.78. The van der Waals surface area contributed by atoms with Gasteiger partial charge in [0.25, 0.3) is 5.91 Å². The van der Waals surface area contributed by atoms with E-state index in [-0.39, 0.29) is 24.4 Å². The molecule has 1 heterocycles. The molecule has 4 nitrogen and oxygen atoms in total. The Hall–Kier alpha value is -2.76. The van der Waals surface area contributed by atoms with Gasteiger partial charge in [0.05, 0.1) is 5.56 Å². The number of fused-ring (bicyclic) bond motifs is 1. The Morgan fingerprint density at radius 1 is 1.12 bits per heavy atom. The summed E-state index contributed by atoms with van der Waals surface area (Å²) >= 11 is 0. The van der Waals surface area contributed by atoms with Crippen LogP contribution in [0.3, 0.4) is 0 Å². The lowest BCUT2D eigenvalue weighted by atomic mass is 10.2. The Bertz CT molecular complexity index is 792. The van der Waals surface area contributed by atoms with Gasteiger partial charge >= 0.3 is 0 Å². The molecule has 0 radical (unpaired) electrons. The van der Waals surface area contributed by atoms with Gasteiger partial charge in [-0.3, -0.25) is 9.59 Å². The number of nitrogens with zero attached hydrogens (tertiary/aromatic N) is 1. The Kier molecular flexibility index (Phi) is 4.55. The monoisotopic (exact) mass is 330 g/mol. The lowest BCUT2D eigenvalue weighted by Crippen LogP contribution is -2.33. The average molecular weight is 330 g/mol. The van der Waals surface area contributed by atoms with Crippen molar-refractivity contribution >= 4 is 17.5 Å². The number of anilines is 1. The third kappa shape index (κ3) is 3.27. The smallest absolute Gasteiger partial charge is 0.254 e. The van der Waals surface area contributed by atoms with Crippen molar-refractivity contribution in [3.8, 4) is 0 Å². The predicted molar refractivity (Wildman–Crippen MR) is 85.8 cm³/mol. The first-order valence-electron chi connectivity index (χ1n) is 7.68. The van der Waals surface area contributed by atoms with Gasteiger partial charge in [-0.05, 0) is 30.2 Å². The molecule has 0 spiro atoms. The van der Waals surface area contributed by atoms with Gasteiger partial charge in [-0.2, -0.15) is 0 Å². The molecule has 6 heteroatoms. The van der Waals surface area contributed by atoms with Crippen molar-refractivity contribution in [1.29, 1.82) is 0 Å². The molecular weight excluding hydrogens is 314 g/mol. The van der Waals surface area contributed by atoms with E-state index in [1.54, 1.807) is 4.90 Å². The van der Waals surface area contributed by atoms with Gasteiger partial charge in [-0.1, -0.05) is 18.2 Å². The van der Waals surface area contributed by atoms with Crippen LogP contribution in [0.4, 0.5) is 14.5 Å². The molecular formula is C18H16F2N2O2. The van der Waals surface area contributed by atoms with Crippen LogP contribution in [-0.4, -0.2) is 24.9 Å². The molecule has 0 saturated heterocycles. The van der Waals surface area contributed by atoms with Crippen molar-refractivity contribution in [3.05, 3.63) is 65.2 Å². The number of carbonyl (C=O) groups is 2. The second-order valence-corrected chi connectivity index (χ2v) is 5.55. The zero-order chi connectivity index (χ0) is 17.1. The summed E-state index contributed by atoms with van der Waals surface area (Å²) in [6, 6.07) is 10.5. The molecule has 0 atom stereocenters. The quantitative estimate of drug-likeness (QED) is 0.937. The number of halogens is 2. The summed E-state index contributed by atoms with van der Waals surface area (Å²) in [6.45, 7) is 0.714. The van der Waals surface area contributed by atoms with E-state index >= 15 is 0 Å². The van der Waals surface area contributed by atoms with Crippen LogP contribution < -0.4 is 10.2 Å². The standard InChI is InChI=1S/C18H16F2N2O2/c19-13-5-6-14(15(20)11-13)18(24)21-9-7-17(23)22-10-8-12-3-1-2-4-16(12)22/h1-6,11H,7-10H2,(H,21,24). The molecule has 1 aliphatic heterocycles. The number of amides is 2. The number of nitrogens with one attached hydrogen (secondary N) is 1. The third-order valence-corrected chi connectivity index (χ3v) is 3.99. The molecule has 1 aliphatic rings. The van der Waals surface area contributed by atoms with Gasteiger partial charge in [-0.25, -0.2) is 8.78 Å². The van der Waals surface area contributed by atoms with E-state index in [0.717, 1.165) is 29.8 Å². The van der Waals surface area contributed by atoms with Crippen LogP contribution in [0.2, 0.25) is 0 Å². The maximum absolute atomic E-state index is 13.5. The average Bonchev–Trinajstić information content (AvgIpc) is 2.98. The molecule has 124 valence electrons. The van der Waals surface area contributed by atoms with Crippen molar-refractivity contribution in [2.24, 2.45) is 0 Å². The summed E-state index contributed by atoms with van der Waals surface area (Å²) in [5, 5.41) is 2.49. The van der Waals surface area contributed by atoms with Gasteiger partial charge < -0.3 is 10.2 Å². The van der Waals surface area contributed by atoms with E-state index in [1.165, 1.54) is 0 Å². The van der Waals surface area contributed by atoms with Gasteiger partial charge in [0.15, 0.2) is 0 Å². The summed E-state index contributed by atoms with van der Waals surface area (Å²) in [5.41, 5.74) is 1.79. The number of para-hydroxylation sites is 1. The summed E-state index contributed by atoms with van der Waals surface area (Å²) < 4.78 is 26.4. The van der Waals surface area contributed by atoms with Crippen LogP contribution >= 0.6 is 0 Å². The molecule has 0 saturated carbocycles. The maximum atomic E-state index is 13.5. The van der Waals surface area contributed by atoms with Gasteiger partial charge in [0.1, 0.15) is 11.6 Å². The van der Waals surface area contributed by atoms with Crippen molar-refractivity contribution in [3.63, 3.8) is 0 Å². The highest BCUT2D eigenvalue weighted by molar-refractivity contribution is 5.97. The second-order valence-electron chi connectivity index (χ2n) is 5.55. The number of rotatable bonds is 4. The molecule has 0 unspecified atom stereocenters. The molecule has 24 heavy (non-hydrogen) atoms. The molecule has 0 bridgehead atoms. The first kappa shape index (κ1) is 16.1. The molecule has 2 aromatic rings. The summed E-state index contributed by atoms with van der Waals surface area (Å²) in [6.07, 6.45) is 0.929. The fraction of sp³-hybridized carbons (Fsp3) is 0.222. The number of benzene rings is 2. The molecule has 2 aromatic carbocycles. The van der Waals surface area contributed by atoms with Crippen molar-refractivity contribution in [1.82, 2.24) is 5.32 Å². The molecule has 0 fully saturated rings. The molecule has 0 aromatic heterocycles. The highest BCUT2D eigenvalue weighted by Gasteiger charge is 2.23. The summed E-state index contributed by atoms with van der Waals surface area (Å²) in [4.78, 5) is 25.9. The van der Waals surface area contributed by atoms with Crippen LogP contribution in [0, 0.1) is 11.6 Å². The van der Waals surface area contributed by atoms with Gasteiger partial charge in [0, 0.05) is 31.3 Å². The minimum atomic E-state index is -0.924. The Labute approximate surface area is 138 Å². The highest BCUT2D eigenvalue weighted by atomic mass is 19.1. The zero-order valence-corrected chi connectivity index (χ0v) is 12.9. The van der Waals surface area contributed by atoms with Crippen LogP contribution in [0.5, 0.6) is 0 Å². The predicted octanol–water partition coefficient (Wildman–Crippen LogP) is 2.67. The van der Waals surface area contributed by atoms with Crippen molar-refractivity contribution in [2.45, 2.75) is 12.8 Å². The first-order valence-corrected chi connectivity index (χ1v) is 7.68. The van der Waals surface area contributed by atoms with E-state index < -0.39 is 17.5 Å². The van der Waals surface area contributed by atoms with E-state index in [0.29, 0.717) is 12.6 Å². The Morgan fingerprint density at radius 2 is 1.92 bits per heavy atom. The minimum Gasteiger partial charge on any atom is -0.351 e. The third-order valence-electron chi connectivity index (χ3n) is 3.99. The molecule has 1 N–H and O–H groups in total.